The van der Waals surface area contributed by atoms with Gasteiger partial charge < -0.3 is 14.5 Å². The van der Waals surface area contributed by atoms with Crippen molar-refractivity contribution in [2.45, 2.75) is 40.2 Å². The van der Waals surface area contributed by atoms with Gasteiger partial charge in [-0.1, -0.05) is 32.0 Å². The van der Waals surface area contributed by atoms with E-state index in [-0.39, 0.29) is 6.09 Å². The van der Waals surface area contributed by atoms with E-state index in [0.29, 0.717) is 13.1 Å². The van der Waals surface area contributed by atoms with Gasteiger partial charge in [-0.15, -0.1) is 0 Å². The Hall–Kier alpha value is -1.71. The van der Waals surface area contributed by atoms with Crippen LogP contribution in [0.1, 0.15) is 34.6 Å². The molecule has 0 aliphatic carbocycles. The molecule has 2 rings (SSSR count). The second-order valence-electron chi connectivity index (χ2n) is 5.79. The first-order valence-electron chi connectivity index (χ1n) is 7.74. The number of benzene rings is 1. The van der Waals surface area contributed by atoms with Gasteiger partial charge in [0, 0.05) is 31.9 Å². The standard InChI is InChI=1S/C15H22N2O2.C2H6/c1-15(2,3)19-14(18)17-11-9-16(10-12-17)13-7-5-4-6-8-13;1-2/h4-8H,9-12H2,1-3H3;1-2H3. The second kappa shape index (κ2) is 7.91. The Balaban J connectivity index is 0.00000106. The van der Waals surface area contributed by atoms with Crippen molar-refractivity contribution >= 4 is 11.8 Å². The fourth-order valence-electron chi connectivity index (χ4n) is 2.11. The predicted octanol–water partition coefficient (Wildman–Crippen LogP) is 3.77. The van der Waals surface area contributed by atoms with Crippen LogP contribution in [-0.2, 0) is 4.74 Å². The molecular formula is C17H28N2O2. The maximum atomic E-state index is 11.9. The molecule has 1 aromatic rings. The molecule has 118 valence electrons. The lowest BCUT2D eigenvalue weighted by molar-refractivity contribution is 0.0240. The minimum atomic E-state index is -0.423. The Morgan fingerprint density at radius 1 is 1.00 bits per heavy atom. The van der Waals surface area contributed by atoms with Crippen molar-refractivity contribution < 1.29 is 9.53 Å². The average Bonchev–Trinajstić information content (AvgIpc) is 2.49. The Morgan fingerprint density at radius 3 is 2.00 bits per heavy atom. The van der Waals surface area contributed by atoms with Gasteiger partial charge in [-0.2, -0.15) is 0 Å². The van der Waals surface area contributed by atoms with Crippen LogP contribution < -0.4 is 4.90 Å². The van der Waals surface area contributed by atoms with Crippen LogP contribution in [0.5, 0.6) is 0 Å². The normalized spacial score (nSPS) is 15.1. The van der Waals surface area contributed by atoms with Crippen molar-refractivity contribution in [2.75, 3.05) is 31.1 Å². The molecule has 0 spiro atoms. The van der Waals surface area contributed by atoms with Gasteiger partial charge in [0.2, 0.25) is 0 Å². The molecule has 1 aliphatic rings. The van der Waals surface area contributed by atoms with Crippen LogP contribution in [0.15, 0.2) is 30.3 Å². The van der Waals surface area contributed by atoms with Crippen molar-refractivity contribution in [3.63, 3.8) is 0 Å². The molecule has 0 unspecified atom stereocenters. The van der Waals surface area contributed by atoms with Crippen molar-refractivity contribution in [1.29, 1.82) is 0 Å². The topological polar surface area (TPSA) is 32.8 Å². The maximum Gasteiger partial charge on any atom is 0.410 e. The van der Waals surface area contributed by atoms with Crippen molar-refractivity contribution in [3.05, 3.63) is 30.3 Å². The Labute approximate surface area is 128 Å². The minimum absolute atomic E-state index is 0.208. The summed E-state index contributed by atoms with van der Waals surface area (Å²) < 4.78 is 5.39. The third kappa shape index (κ3) is 5.66. The zero-order chi connectivity index (χ0) is 15.9. The zero-order valence-corrected chi connectivity index (χ0v) is 13.9. The molecule has 1 heterocycles. The Morgan fingerprint density at radius 2 is 1.52 bits per heavy atom. The number of para-hydroxylation sites is 1. The zero-order valence-electron chi connectivity index (χ0n) is 13.9. The number of carbonyl (C=O) groups is 1. The van der Waals surface area contributed by atoms with Gasteiger partial charge in [0.1, 0.15) is 5.60 Å². The largest absolute Gasteiger partial charge is 0.444 e. The highest BCUT2D eigenvalue weighted by Crippen LogP contribution is 2.17. The van der Waals surface area contributed by atoms with E-state index in [2.05, 4.69) is 17.0 Å². The summed E-state index contributed by atoms with van der Waals surface area (Å²) in [5.74, 6) is 0. The van der Waals surface area contributed by atoms with Gasteiger partial charge in [0.15, 0.2) is 0 Å². The number of anilines is 1. The number of amides is 1. The highest BCUT2D eigenvalue weighted by Gasteiger charge is 2.25. The first kappa shape index (κ1) is 17.3. The summed E-state index contributed by atoms with van der Waals surface area (Å²) in [5.41, 5.74) is 0.791. The fraction of sp³-hybridized carbons (Fsp3) is 0.588. The van der Waals surface area contributed by atoms with E-state index in [4.69, 9.17) is 4.74 Å². The summed E-state index contributed by atoms with van der Waals surface area (Å²) in [6, 6.07) is 10.3. The lowest BCUT2D eigenvalue weighted by Crippen LogP contribution is -2.50. The predicted molar refractivity (Wildman–Crippen MR) is 87.8 cm³/mol. The number of hydrogen-bond acceptors (Lipinski definition) is 3. The molecule has 1 amide bonds. The first-order chi connectivity index (χ1) is 9.96. The van der Waals surface area contributed by atoms with Crippen LogP contribution in [-0.4, -0.2) is 42.8 Å². The fourth-order valence-corrected chi connectivity index (χ4v) is 2.11. The van der Waals surface area contributed by atoms with Gasteiger partial charge in [0.25, 0.3) is 0 Å². The van der Waals surface area contributed by atoms with Crippen molar-refractivity contribution in [3.8, 4) is 0 Å². The van der Waals surface area contributed by atoms with E-state index in [1.807, 2.05) is 52.8 Å². The summed E-state index contributed by atoms with van der Waals surface area (Å²) in [6.07, 6.45) is -0.208. The van der Waals surface area contributed by atoms with E-state index >= 15 is 0 Å². The molecule has 1 fully saturated rings. The molecule has 0 radical (unpaired) electrons. The summed E-state index contributed by atoms with van der Waals surface area (Å²) in [6.45, 7) is 12.8. The highest BCUT2D eigenvalue weighted by atomic mass is 16.6. The molecule has 1 aromatic carbocycles. The van der Waals surface area contributed by atoms with Gasteiger partial charge in [-0.05, 0) is 32.9 Å². The minimum Gasteiger partial charge on any atom is -0.444 e. The second-order valence-corrected chi connectivity index (χ2v) is 5.79. The van der Waals surface area contributed by atoms with Crippen molar-refractivity contribution in [1.82, 2.24) is 4.90 Å². The summed E-state index contributed by atoms with van der Waals surface area (Å²) in [5, 5.41) is 0. The molecule has 0 saturated carbocycles. The SMILES string of the molecule is CC.CC(C)(C)OC(=O)N1CCN(c2ccccc2)CC1. The molecule has 4 heteroatoms. The number of piperazine rings is 1. The van der Waals surface area contributed by atoms with Crippen LogP contribution in [0, 0.1) is 0 Å². The maximum absolute atomic E-state index is 11.9. The third-order valence-corrected chi connectivity index (χ3v) is 3.05. The van der Waals surface area contributed by atoms with Crippen LogP contribution in [0.2, 0.25) is 0 Å². The average molecular weight is 292 g/mol. The van der Waals surface area contributed by atoms with Gasteiger partial charge in [-0.25, -0.2) is 4.79 Å². The Bertz CT molecular complexity index is 418. The first-order valence-corrected chi connectivity index (χ1v) is 7.74. The summed E-state index contributed by atoms with van der Waals surface area (Å²) >= 11 is 0. The monoisotopic (exact) mass is 292 g/mol. The lowest BCUT2D eigenvalue weighted by atomic mass is 10.2. The molecule has 4 nitrogen and oxygen atoms in total. The molecule has 0 atom stereocenters. The quantitative estimate of drug-likeness (QED) is 0.790. The molecule has 0 N–H and O–H groups in total. The van der Waals surface area contributed by atoms with Gasteiger partial charge in [0.05, 0.1) is 0 Å². The molecule has 0 aromatic heterocycles. The number of hydrogen-bond donors (Lipinski definition) is 0. The Kier molecular flexibility index (Phi) is 6.53. The van der Waals surface area contributed by atoms with Gasteiger partial charge >= 0.3 is 6.09 Å². The van der Waals surface area contributed by atoms with Crippen molar-refractivity contribution in [2.24, 2.45) is 0 Å². The van der Waals surface area contributed by atoms with E-state index in [9.17, 15) is 4.79 Å². The molecule has 1 aliphatic heterocycles. The number of nitrogens with zero attached hydrogens (tertiary/aromatic N) is 2. The van der Waals surface area contributed by atoms with Crippen LogP contribution in [0.4, 0.5) is 10.5 Å². The summed E-state index contributed by atoms with van der Waals surface area (Å²) in [4.78, 5) is 16.0. The smallest absolute Gasteiger partial charge is 0.410 e. The number of carbonyl (C=O) groups excluding carboxylic acids is 1. The van der Waals surface area contributed by atoms with Gasteiger partial charge in [-0.3, -0.25) is 0 Å². The van der Waals surface area contributed by atoms with Crippen LogP contribution >= 0.6 is 0 Å². The molecular weight excluding hydrogens is 264 g/mol. The molecule has 21 heavy (non-hydrogen) atoms. The lowest BCUT2D eigenvalue weighted by Gasteiger charge is -2.36. The molecule has 1 saturated heterocycles. The summed E-state index contributed by atoms with van der Waals surface area (Å²) in [7, 11) is 0. The highest BCUT2D eigenvalue weighted by molar-refractivity contribution is 5.68. The number of rotatable bonds is 1. The van der Waals surface area contributed by atoms with E-state index in [1.165, 1.54) is 5.69 Å². The van der Waals surface area contributed by atoms with E-state index in [0.717, 1.165) is 13.1 Å². The van der Waals surface area contributed by atoms with Crippen LogP contribution in [0.3, 0.4) is 0 Å². The number of ether oxygens (including phenoxy) is 1. The van der Waals surface area contributed by atoms with Crippen LogP contribution in [0.25, 0.3) is 0 Å². The van der Waals surface area contributed by atoms with E-state index in [1.54, 1.807) is 4.90 Å². The molecule has 0 bridgehead atoms. The van der Waals surface area contributed by atoms with E-state index < -0.39 is 5.60 Å². The third-order valence-electron chi connectivity index (χ3n) is 3.05.